The molecule has 9 aromatic rings. The summed E-state index contributed by atoms with van der Waals surface area (Å²) in [5.74, 6) is 0. The first-order valence-electron chi connectivity index (χ1n) is 18.1. The van der Waals surface area contributed by atoms with Crippen LogP contribution in [0.15, 0.2) is 162 Å². The SMILES string of the molecule is [2H]c1c([2H])c([2H])c2c(-c3ccccc3-c3ccccc3)c3c([2H])c([2H])c([2H])c([2H])c3c(-c3ccc4c(c3)oc3c5ccccc5ccc43)c2c1[2H]. The van der Waals surface area contributed by atoms with Crippen LogP contribution < -0.4 is 0 Å². The Balaban J connectivity index is 1.51. The molecule has 0 aliphatic rings. The second-order valence-corrected chi connectivity index (χ2v) is 10.6. The molecule has 0 amide bonds. The van der Waals surface area contributed by atoms with Crippen LogP contribution in [0.25, 0.3) is 87.6 Å². The highest BCUT2D eigenvalue weighted by Crippen LogP contribution is 2.46. The van der Waals surface area contributed by atoms with Crippen LogP contribution in [0, 0.1) is 0 Å². The van der Waals surface area contributed by atoms with Gasteiger partial charge in [-0.15, -0.1) is 0 Å². The van der Waals surface area contributed by atoms with Crippen molar-refractivity contribution in [2.24, 2.45) is 0 Å². The first-order valence-corrected chi connectivity index (χ1v) is 14.1. The molecule has 200 valence electrons. The van der Waals surface area contributed by atoms with E-state index in [2.05, 4.69) is 0 Å². The largest absolute Gasteiger partial charge is 0.455 e. The van der Waals surface area contributed by atoms with Gasteiger partial charge in [-0.2, -0.15) is 0 Å². The van der Waals surface area contributed by atoms with Crippen LogP contribution >= 0.6 is 0 Å². The molecule has 0 atom stereocenters. The van der Waals surface area contributed by atoms with Crippen LogP contribution in [0.3, 0.4) is 0 Å². The molecule has 9 rings (SSSR count). The van der Waals surface area contributed by atoms with Crippen molar-refractivity contribution in [1.29, 1.82) is 0 Å². The normalized spacial score (nSPS) is 14.3. The molecule has 1 heteroatoms. The Kier molecular flexibility index (Phi) is 3.80. The molecule has 0 saturated carbocycles. The molecule has 0 aliphatic carbocycles. The highest BCUT2D eigenvalue weighted by atomic mass is 16.3. The third-order valence-corrected chi connectivity index (χ3v) is 8.31. The number of benzene rings is 8. The summed E-state index contributed by atoms with van der Waals surface area (Å²) in [6.07, 6.45) is 0. The number of furan rings is 1. The minimum atomic E-state index is -0.437. The first kappa shape index (κ1) is 17.3. The fraction of sp³-hybridized carbons (Fsp3) is 0. The van der Waals surface area contributed by atoms with Crippen molar-refractivity contribution in [3.8, 4) is 33.4 Å². The van der Waals surface area contributed by atoms with Crippen LogP contribution in [-0.4, -0.2) is 0 Å². The minimum absolute atomic E-state index is 0.164. The average molecular weight is 555 g/mol. The molecule has 1 heterocycles. The van der Waals surface area contributed by atoms with Crippen LogP contribution in [0.4, 0.5) is 0 Å². The molecule has 1 aromatic heterocycles. The van der Waals surface area contributed by atoms with E-state index >= 15 is 0 Å². The second-order valence-electron chi connectivity index (χ2n) is 10.6. The van der Waals surface area contributed by atoms with Crippen molar-refractivity contribution in [2.75, 3.05) is 0 Å². The fourth-order valence-corrected chi connectivity index (χ4v) is 6.41. The molecule has 0 saturated heterocycles. The van der Waals surface area contributed by atoms with Gasteiger partial charge < -0.3 is 4.42 Å². The third kappa shape index (κ3) is 3.65. The topological polar surface area (TPSA) is 13.1 Å². The highest BCUT2D eigenvalue weighted by molar-refractivity contribution is 6.23. The molecule has 8 aromatic carbocycles. The molecular formula is C42H26O. The zero-order chi connectivity index (χ0) is 35.3. The van der Waals surface area contributed by atoms with Gasteiger partial charge in [-0.3, -0.25) is 0 Å². The van der Waals surface area contributed by atoms with Crippen molar-refractivity contribution in [1.82, 2.24) is 0 Å². The Hall–Kier alpha value is -5.66. The number of rotatable bonds is 3. The van der Waals surface area contributed by atoms with Crippen molar-refractivity contribution >= 4 is 54.3 Å². The maximum atomic E-state index is 9.33. The highest BCUT2D eigenvalue weighted by Gasteiger charge is 2.19. The summed E-state index contributed by atoms with van der Waals surface area (Å²) in [7, 11) is 0. The summed E-state index contributed by atoms with van der Waals surface area (Å²) in [6, 6.07) is 31.6. The lowest BCUT2D eigenvalue weighted by molar-refractivity contribution is 0.673. The molecule has 0 unspecified atom stereocenters. The van der Waals surface area contributed by atoms with E-state index in [0.717, 1.165) is 32.7 Å². The summed E-state index contributed by atoms with van der Waals surface area (Å²) < 4.78 is 78.9. The van der Waals surface area contributed by atoms with Gasteiger partial charge in [0.15, 0.2) is 0 Å². The van der Waals surface area contributed by atoms with Crippen molar-refractivity contribution < 1.29 is 15.4 Å². The average Bonchev–Trinajstić information content (AvgIpc) is 3.55. The van der Waals surface area contributed by atoms with Gasteiger partial charge in [0.25, 0.3) is 0 Å². The van der Waals surface area contributed by atoms with Gasteiger partial charge in [0.2, 0.25) is 0 Å². The summed E-state index contributed by atoms with van der Waals surface area (Å²) in [4.78, 5) is 0. The van der Waals surface area contributed by atoms with Gasteiger partial charge in [0.1, 0.15) is 11.2 Å². The summed E-state index contributed by atoms with van der Waals surface area (Å²) >= 11 is 0. The van der Waals surface area contributed by atoms with Crippen LogP contribution in [0.5, 0.6) is 0 Å². The second kappa shape index (κ2) is 9.44. The van der Waals surface area contributed by atoms with E-state index in [1.165, 1.54) is 0 Å². The lowest BCUT2D eigenvalue weighted by atomic mass is 9.84. The number of hydrogen-bond donors (Lipinski definition) is 0. The molecule has 0 fully saturated rings. The fourth-order valence-electron chi connectivity index (χ4n) is 6.41. The van der Waals surface area contributed by atoms with Gasteiger partial charge in [0.05, 0.1) is 11.0 Å². The summed E-state index contributed by atoms with van der Waals surface area (Å²) in [5.41, 5.74) is 4.54. The standard InChI is InChI=1S/C42H26O/c1-2-12-27(13-3-1)30-15-6-7-17-33(30)41-36-20-10-8-18-34(36)40(35-19-9-11-21-37(35)41)29-23-24-32-38-25-22-28-14-4-5-16-31(28)42(38)43-39(32)26-29/h1-26H/i8D,9D,10D,11D,18D,19D,20D,21D. The minimum Gasteiger partial charge on any atom is -0.455 e. The lowest BCUT2D eigenvalue weighted by Crippen LogP contribution is -1.92. The van der Waals surface area contributed by atoms with Crippen molar-refractivity contribution in [3.63, 3.8) is 0 Å². The van der Waals surface area contributed by atoms with E-state index in [-0.39, 0.29) is 51.3 Å². The Morgan fingerprint density at radius 2 is 1.02 bits per heavy atom. The molecule has 0 bridgehead atoms. The van der Waals surface area contributed by atoms with Crippen LogP contribution in [-0.2, 0) is 0 Å². The Labute approximate surface area is 260 Å². The third-order valence-electron chi connectivity index (χ3n) is 8.31. The van der Waals surface area contributed by atoms with Gasteiger partial charge in [-0.25, -0.2) is 0 Å². The molecule has 43 heavy (non-hydrogen) atoms. The van der Waals surface area contributed by atoms with Gasteiger partial charge in [0, 0.05) is 16.2 Å². The van der Waals surface area contributed by atoms with Crippen LogP contribution in [0.1, 0.15) is 11.0 Å². The Morgan fingerprint density at radius 3 is 1.77 bits per heavy atom. The molecule has 1 nitrogen and oxygen atoms in total. The molecule has 0 radical (unpaired) electrons. The zero-order valence-electron chi connectivity index (χ0n) is 30.8. The predicted molar refractivity (Wildman–Crippen MR) is 183 cm³/mol. The zero-order valence-corrected chi connectivity index (χ0v) is 22.8. The molecule has 0 aliphatic heterocycles. The lowest BCUT2D eigenvalue weighted by Gasteiger charge is -2.19. The molecule has 0 N–H and O–H groups in total. The van der Waals surface area contributed by atoms with Crippen LogP contribution in [0.2, 0.25) is 0 Å². The smallest absolute Gasteiger partial charge is 0.143 e. The Bertz CT molecular complexity index is 2870. The van der Waals surface area contributed by atoms with E-state index < -0.39 is 24.2 Å². The Morgan fingerprint density at radius 1 is 0.419 bits per heavy atom. The quantitative estimate of drug-likeness (QED) is 0.198. The monoisotopic (exact) mass is 554 g/mol. The van der Waals surface area contributed by atoms with E-state index in [9.17, 15) is 5.48 Å². The maximum absolute atomic E-state index is 9.33. The van der Waals surface area contributed by atoms with E-state index in [1.54, 1.807) is 6.07 Å². The number of hydrogen-bond acceptors (Lipinski definition) is 1. The maximum Gasteiger partial charge on any atom is 0.143 e. The molecule has 0 spiro atoms. The predicted octanol–water partition coefficient (Wildman–Crippen LogP) is 12.0. The molecular weight excluding hydrogens is 520 g/mol. The summed E-state index contributed by atoms with van der Waals surface area (Å²) in [5, 5.41) is 4.43. The van der Waals surface area contributed by atoms with E-state index in [1.807, 2.05) is 103 Å². The van der Waals surface area contributed by atoms with E-state index in [4.69, 9.17) is 9.90 Å². The van der Waals surface area contributed by atoms with Gasteiger partial charge in [-0.1, -0.05) is 139 Å². The van der Waals surface area contributed by atoms with Crippen molar-refractivity contribution in [3.05, 3.63) is 158 Å². The van der Waals surface area contributed by atoms with E-state index in [0.29, 0.717) is 27.9 Å². The van der Waals surface area contributed by atoms with Crippen molar-refractivity contribution in [2.45, 2.75) is 0 Å². The first-order chi connectivity index (χ1) is 24.7. The number of fused-ring (bicyclic) bond motifs is 7. The summed E-state index contributed by atoms with van der Waals surface area (Å²) in [6.45, 7) is 0. The van der Waals surface area contributed by atoms with Gasteiger partial charge in [-0.05, 0) is 78.5 Å². The van der Waals surface area contributed by atoms with Gasteiger partial charge >= 0.3 is 0 Å².